The number of anilines is 1. The van der Waals surface area contributed by atoms with Crippen LogP contribution in [0.15, 0.2) is 6.07 Å². The average molecular weight is 324 g/mol. The number of carbonyl (C=O) groups is 1. The largest absolute Gasteiger partial charge is 0.476 e. The van der Waals surface area contributed by atoms with Gasteiger partial charge in [-0.1, -0.05) is 11.3 Å². The zero-order chi connectivity index (χ0) is 16.3. The van der Waals surface area contributed by atoms with E-state index in [9.17, 15) is 4.79 Å². The number of nitrogens with one attached hydrogen (secondary N) is 1. The van der Waals surface area contributed by atoms with E-state index in [1.807, 2.05) is 27.7 Å². The number of rotatable bonds is 4. The van der Waals surface area contributed by atoms with Gasteiger partial charge in [-0.3, -0.25) is 0 Å². The molecule has 0 saturated carbocycles. The molecule has 22 heavy (non-hydrogen) atoms. The van der Waals surface area contributed by atoms with Gasteiger partial charge in [0.05, 0.1) is 6.54 Å². The number of nitrogen functional groups attached to an aromatic ring is 1. The zero-order valence-corrected chi connectivity index (χ0v) is 13.9. The number of carbonyl (C=O) groups excluding carboxylic acids is 1. The Morgan fingerprint density at radius 1 is 1.41 bits per heavy atom. The van der Waals surface area contributed by atoms with Crippen LogP contribution in [0.25, 0.3) is 10.3 Å². The van der Waals surface area contributed by atoms with Crippen molar-refractivity contribution in [3.63, 3.8) is 0 Å². The van der Waals surface area contributed by atoms with Crippen LogP contribution >= 0.6 is 11.3 Å². The van der Waals surface area contributed by atoms with Crippen LogP contribution in [0.2, 0.25) is 0 Å². The van der Waals surface area contributed by atoms with Gasteiger partial charge in [0.25, 0.3) is 0 Å². The van der Waals surface area contributed by atoms with E-state index in [-0.39, 0.29) is 0 Å². The van der Waals surface area contributed by atoms with E-state index in [0.29, 0.717) is 24.2 Å². The van der Waals surface area contributed by atoms with Gasteiger partial charge in [0, 0.05) is 6.07 Å². The molecule has 0 spiro atoms. The van der Waals surface area contributed by atoms with Crippen molar-refractivity contribution in [2.24, 2.45) is 0 Å². The molecule has 0 aliphatic carbocycles. The van der Waals surface area contributed by atoms with Crippen LogP contribution < -0.4 is 15.8 Å². The van der Waals surface area contributed by atoms with Crippen LogP contribution in [-0.4, -0.2) is 34.8 Å². The molecule has 2 heterocycles. The number of nitrogens with two attached hydrogens (primary N) is 1. The third-order valence-electron chi connectivity index (χ3n) is 2.57. The number of nitrogens with zero attached hydrogens (tertiary/aromatic N) is 2. The molecule has 120 valence electrons. The molecule has 2 aromatic rings. The smallest absolute Gasteiger partial charge is 0.407 e. The lowest BCUT2D eigenvalue weighted by Crippen LogP contribution is -2.34. The molecule has 3 N–H and O–H groups in total. The van der Waals surface area contributed by atoms with Crippen LogP contribution in [0, 0.1) is 6.92 Å². The lowest BCUT2D eigenvalue weighted by Gasteiger charge is -2.19. The summed E-state index contributed by atoms with van der Waals surface area (Å²) in [5.41, 5.74) is 6.91. The molecule has 0 unspecified atom stereocenters. The van der Waals surface area contributed by atoms with Gasteiger partial charge >= 0.3 is 6.09 Å². The van der Waals surface area contributed by atoms with Gasteiger partial charge < -0.3 is 20.5 Å². The van der Waals surface area contributed by atoms with Crippen LogP contribution in [0.1, 0.15) is 26.3 Å². The standard InChI is InChI=1S/C14H20N4O3S/c1-8-7-9(17-11-10(8)18-12(15)22-11)20-6-5-16-13(19)21-14(2,3)4/h7H,5-6H2,1-4H3,(H2,15,18)(H,16,19). The quantitative estimate of drug-likeness (QED) is 0.838. The molecule has 1 amide bonds. The van der Waals surface area contributed by atoms with E-state index >= 15 is 0 Å². The van der Waals surface area contributed by atoms with Crippen LogP contribution in [0.3, 0.4) is 0 Å². The third-order valence-corrected chi connectivity index (χ3v) is 3.35. The molecule has 0 atom stereocenters. The summed E-state index contributed by atoms with van der Waals surface area (Å²) in [5, 5.41) is 3.10. The van der Waals surface area contributed by atoms with Crippen molar-refractivity contribution in [3.05, 3.63) is 11.6 Å². The average Bonchev–Trinajstić information content (AvgIpc) is 2.74. The first-order valence-electron chi connectivity index (χ1n) is 6.88. The number of ether oxygens (including phenoxy) is 2. The number of thiazole rings is 1. The maximum Gasteiger partial charge on any atom is 0.407 e. The SMILES string of the molecule is Cc1cc(OCCNC(=O)OC(C)(C)C)nc2sc(N)nc12. The number of fused-ring (bicyclic) bond motifs is 1. The van der Waals surface area contributed by atoms with E-state index in [2.05, 4.69) is 15.3 Å². The summed E-state index contributed by atoms with van der Waals surface area (Å²) in [7, 11) is 0. The number of amides is 1. The zero-order valence-electron chi connectivity index (χ0n) is 13.1. The van der Waals surface area contributed by atoms with Crippen molar-refractivity contribution < 1.29 is 14.3 Å². The van der Waals surface area contributed by atoms with E-state index in [4.69, 9.17) is 15.2 Å². The summed E-state index contributed by atoms with van der Waals surface area (Å²) in [6.07, 6.45) is -0.467. The number of alkyl carbamates (subject to hydrolysis) is 1. The first-order valence-corrected chi connectivity index (χ1v) is 7.69. The topological polar surface area (TPSA) is 99.4 Å². The molecule has 0 fully saturated rings. The summed E-state index contributed by atoms with van der Waals surface area (Å²) >= 11 is 1.32. The molecule has 2 aromatic heterocycles. The third kappa shape index (κ3) is 4.45. The molecule has 7 nitrogen and oxygen atoms in total. The van der Waals surface area contributed by atoms with E-state index in [1.54, 1.807) is 6.07 Å². The summed E-state index contributed by atoms with van der Waals surface area (Å²) in [6, 6.07) is 1.80. The first-order chi connectivity index (χ1) is 10.2. The molecular formula is C14H20N4O3S. The molecule has 0 bridgehead atoms. The predicted octanol–water partition coefficient (Wildman–Crippen LogP) is 2.49. The van der Waals surface area contributed by atoms with Gasteiger partial charge in [0.15, 0.2) is 5.13 Å². The van der Waals surface area contributed by atoms with Gasteiger partial charge in [0.2, 0.25) is 5.88 Å². The van der Waals surface area contributed by atoms with E-state index in [1.165, 1.54) is 11.3 Å². The van der Waals surface area contributed by atoms with Crippen molar-refractivity contribution in [2.45, 2.75) is 33.3 Å². The van der Waals surface area contributed by atoms with Crippen LogP contribution in [0.4, 0.5) is 9.93 Å². The maximum absolute atomic E-state index is 11.5. The lowest BCUT2D eigenvalue weighted by molar-refractivity contribution is 0.0520. The number of pyridine rings is 1. The fourth-order valence-electron chi connectivity index (χ4n) is 1.74. The van der Waals surface area contributed by atoms with Gasteiger partial charge in [-0.2, -0.15) is 0 Å². The van der Waals surface area contributed by atoms with Gasteiger partial charge in [-0.15, -0.1) is 0 Å². The first kappa shape index (κ1) is 16.3. The van der Waals surface area contributed by atoms with E-state index < -0.39 is 11.7 Å². The Labute approximate surface area is 132 Å². The summed E-state index contributed by atoms with van der Waals surface area (Å²) in [6.45, 7) is 7.99. The van der Waals surface area contributed by atoms with Crippen molar-refractivity contribution in [1.82, 2.24) is 15.3 Å². The highest BCUT2D eigenvalue weighted by molar-refractivity contribution is 7.21. The minimum absolute atomic E-state index is 0.297. The number of aromatic nitrogens is 2. The fraction of sp³-hybridized carbons (Fsp3) is 0.500. The summed E-state index contributed by atoms with van der Waals surface area (Å²) in [4.78, 5) is 20.8. The Bertz CT molecular complexity index is 679. The fourth-order valence-corrected chi connectivity index (χ4v) is 2.52. The summed E-state index contributed by atoms with van der Waals surface area (Å²) < 4.78 is 10.7. The predicted molar refractivity (Wildman–Crippen MR) is 86.3 cm³/mol. The number of aryl methyl sites for hydroxylation is 1. The van der Waals surface area contributed by atoms with Crippen molar-refractivity contribution in [2.75, 3.05) is 18.9 Å². The van der Waals surface area contributed by atoms with Crippen LogP contribution in [0.5, 0.6) is 5.88 Å². The van der Waals surface area contributed by atoms with Crippen LogP contribution in [-0.2, 0) is 4.74 Å². The Kier molecular flexibility index (Phi) is 4.70. The van der Waals surface area contributed by atoms with Gasteiger partial charge in [0.1, 0.15) is 22.6 Å². The highest BCUT2D eigenvalue weighted by atomic mass is 32.1. The van der Waals surface area contributed by atoms with Crippen molar-refractivity contribution >= 4 is 32.9 Å². The maximum atomic E-state index is 11.5. The number of hydrogen-bond donors (Lipinski definition) is 2. The second-order valence-electron chi connectivity index (χ2n) is 5.76. The molecule has 0 radical (unpaired) electrons. The summed E-state index contributed by atoms with van der Waals surface area (Å²) in [5.74, 6) is 0.486. The van der Waals surface area contributed by atoms with Gasteiger partial charge in [-0.05, 0) is 33.3 Å². The van der Waals surface area contributed by atoms with Crippen molar-refractivity contribution in [1.29, 1.82) is 0 Å². The monoisotopic (exact) mass is 324 g/mol. The van der Waals surface area contributed by atoms with Gasteiger partial charge in [-0.25, -0.2) is 14.8 Å². The Morgan fingerprint density at radius 2 is 2.14 bits per heavy atom. The molecule has 2 rings (SSSR count). The normalized spacial score (nSPS) is 11.5. The molecule has 0 aliphatic heterocycles. The van der Waals surface area contributed by atoms with E-state index in [0.717, 1.165) is 15.9 Å². The highest BCUT2D eigenvalue weighted by Gasteiger charge is 2.15. The van der Waals surface area contributed by atoms with Crippen molar-refractivity contribution in [3.8, 4) is 5.88 Å². The molecular weight excluding hydrogens is 304 g/mol. The Morgan fingerprint density at radius 3 is 2.82 bits per heavy atom. The minimum atomic E-state index is -0.513. The lowest BCUT2D eigenvalue weighted by atomic mass is 10.2. The molecule has 0 aromatic carbocycles. The molecule has 8 heteroatoms. The Hall–Kier alpha value is -2.09. The molecule has 0 saturated heterocycles. The Balaban J connectivity index is 1.86. The second kappa shape index (κ2) is 6.35. The minimum Gasteiger partial charge on any atom is -0.476 e. The second-order valence-corrected chi connectivity index (χ2v) is 6.77. The number of hydrogen-bond acceptors (Lipinski definition) is 7. The highest BCUT2D eigenvalue weighted by Crippen LogP contribution is 2.27. The molecule has 0 aliphatic rings.